The Hall–Kier alpha value is -1.28. The van der Waals surface area contributed by atoms with E-state index in [0.717, 1.165) is 29.7 Å². The molecule has 0 saturated carbocycles. The Bertz CT molecular complexity index is 546. The lowest BCUT2D eigenvalue weighted by Gasteiger charge is -2.22. The molecular weight excluding hydrogens is 256 g/mol. The molecule has 0 aliphatic rings. The maximum absolute atomic E-state index is 6.34. The molecule has 0 aliphatic carbocycles. The number of nitrogens with one attached hydrogen (secondary N) is 1. The lowest BCUT2D eigenvalue weighted by atomic mass is 9.90. The van der Waals surface area contributed by atoms with Crippen molar-refractivity contribution in [3.05, 3.63) is 36.4 Å². The van der Waals surface area contributed by atoms with Gasteiger partial charge in [0.05, 0.1) is 10.9 Å². The number of benzene rings is 1. The summed E-state index contributed by atoms with van der Waals surface area (Å²) in [5.41, 5.74) is 1.26. The van der Waals surface area contributed by atoms with Crippen molar-refractivity contribution in [3.63, 3.8) is 0 Å². The SMILES string of the molecule is CC(C)(C)CC(Cl)CNc1ccc2ccccc2n1. The molecule has 3 heteroatoms. The van der Waals surface area contributed by atoms with Gasteiger partial charge in [-0.1, -0.05) is 39.0 Å². The fourth-order valence-electron chi connectivity index (χ4n) is 2.12. The summed E-state index contributed by atoms with van der Waals surface area (Å²) in [6.07, 6.45) is 0.981. The molecule has 1 N–H and O–H groups in total. The van der Waals surface area contributed by atoms with E-state index in [4.69, 9.17) is 11.6 Å². The molecule has 1 atom stereocenters. The average molecular weight is 277 g/mol. The summed E-state index contributed by atoms with van der Waals surface area (Å²) in [4.78, 5) is 4.57. The van der Waals surface area contributed by atoms with Crippen molar-refractivity contribution in [3.8, 4) is 0 Å². The van der Waals surface area contributed by atoms with E-state index < -0.39 is 0 Å². The van der Waals surface area contributed by atoms with Crippen LogP contribution in [-0.2, 0) is 0 Å². The lowest BCUT2D eigenvalue weighted by molar-refractivity contribution is 0.373. The third kappa shape index (κ3) is 4.39. The van der Waals surface area contributed by atoms with Crippen molar-refractivity contribution in [1.29, 1.82) is 0 Å². The number of hydrogen-bond donors (Lipinski definition) is 1. The van der Waals surface area contributed by atoms with E-state index in [0.29, 0.717) is 0 Å². The van der Waals surface area contributed by atoms with Crippen molar-refractivity contribution in [2.24, 2.45) is 5.41 Å². The Morgan fingerprint density at radius 2 is 1.89 bits per heavy atom. The maximum atomic E-state index is 6.34. The summed E-state index contributed by atoms with van der Waals surface area (Å²) in [7, 11) is 0. The van der Waals surface area contributed by atoms with Gasteiger partial charge < -0.3 is 5.32 Å². The van der Waals surface area contributed by atoms with Gasteiger partial charge in [0.2, 0.25) is 0 Å². The van der Waals surface area contributed by atoms with Crippen LogP contribution in [0.4, 0.5) is 5.82 Å². The topological polar surface area (TPSA) is 24.9 Å². The number of hydrogen-bond acceptors (Lipinski definition) is 2. The normalized spacial score (nSPS) is 13.5. The molecule has 0 radical (unpaired) electrons. The van der Waals surface area contributed by atoms with E-state index in [9.17, 15) is 0 Å². The molecule has 0 bridgehead atoms. The highest BCUT2D eigenvalue weighted by Crippen LogP contribution is 2.24. The number of halogens is 1. The van der Waals surface area contributed by atoms with Crippen LogP contribution in [-0.4, -0.2) is 16.9 Å². The van der Waals surface area contributed by atoms with Crippen LogP contribution in [0.2, 0.25) is 0 Å². The first-order valence-corrected chi connectivity index (χ1v) is 7.11. The molecule has 2 aromatic rings. The number of pyridine rings is 1. The minimum atomic E-state index is 0.119. The van der Waals surface area contributed by atoms with Crippen LogP contribution in [0.1, 0.15) is 27.2 Å². The second-order valence-electron chi connectivity index (χ2n) is 6.13. The summed E-state index contributed by atoms with van der Waals surface area (Å²) in [5.74, 6) is 0.887. The predicted octanol–water partition coefficient (Wildman–Crippen LogP) is 4.69. The van der Waals surface area contributed by atoms with Crippen molar-refractivity contribution < 1.29 is 0 Å². The van der Waals surface area contributed by atoms with Gasteiger partial charge >= 0.3 is 0 Å². The fourth-order valence-corrected chi connectivity index (χ4v) is 2.66. The third-order valence-corrected chi connectivity index (χ3v) is 3.25. The van der Waals surface area contributed by atoms with Crippen LogP contribution in [0.25, 0.3) is 10.9 Å². The van der Waals surface area contributed by atoms with Crippen molar-refractivity contribution in [1.82, 2.24) is 4.98 Å². The average Bonchev–Trinajstić information content (AvgIpc) is 2.34. The van der Waals surface area contributed by atoms with Gasteiger partial charge in [-0.2, -0.15) is 0 Å². The van der Waals surface area contributed by atoms with Crippen molar-refractivity contribution >= 4 is 28.3 Å². The molecule has 102 valence electrons. The van der Waals surface area contributed by atoms with Crippen LogP contribution in [0.3, 0.4) is 0 Å². The van der Waals surface area contributed by atoms with E-state index >= 15 is 0 Å². The standard InChI is InChI=1S/C16H21ClN2/c1-16(2,3)10-13(17)11-18-15-9-8-12-6-4-5-7-14(12)19-15/h4-9,13H,10-11H2,1-3H3,(H,18,19). The summed E-state index contributed by atoms with van der Waals surface area (Å²) in [5, 5.41) is 4.59. The minimum Gasteiger partial charge on any atom is -0.369 e. The Morgan fingerprint density at radius 1 is 1.16 bits per heavy atom. The monoisotopic (exact) mass is 276 g/mol. The van der Waals surface area contributed by atoms with Crippen LogP contribution in [0, 0.1) is 5.41 Å². The Labute approximate surface area is 120 Å². The molecule has 0 aliphatic heterocycles. The Kier molecular flexibility index (Phi) is 4.31. The number of para-hydroxylation sites is 1. The highest BCUT2D eigenvalue weighted by molar-refractivity contribution is 6.20. The van der Waals surface area contributed by atoms with Gasteiger partial charge in [-0.3, -0.25) is 0 Å². The van der Waals surface area contributed by atoms with E-state index in [1.807, 2.05) is 24.3 Å². The number of rotatable bonds is 4. The van der Waals surface area contributed by atoms with E-state index in [1.54, 1.807) is 0 Å². The molecule has 1 aromatic heterocycles. The van der Waals surface area contributed by atoms with Crippen molar-refractivity contribution in [2.45, 2.75) is 32.6 Å². The smallest absolute Gasteiger partial charge is 0.126 e. The molecule has 2 nitrogen and oxygen atoms in total. The summed E-state index contributed by atoms with van der Waals surface area (Å²) in [6, 6.07) is 12.2. The molecule has 1 aromatic carbocycles. The van der Waals surface area contributed by atoms with Gasteiger partial charge in [0.1, 0.15) is 5.82 Å². The lowest BCUT2D eigenvalue weighted by Crippen LogP contribution is -2.21. The quantitative estimate of drug-likeness (QED) is 0.820. The second kappa shape index (κ2) is 5.79. The zero-order chi connectivity index (χ0) is 13.9. The molecule has 1 unspecified atom stereocenters. The third-order valence-electron chi connectivity index (χ3n) is 2.94. The summed E-state index contributed by atoms with van der Waals surface area (Å²) < 4.78 is 0. The molecule has 0 amide bonds. The van der Waals surface area contributed by atoms with E-state index in [2.05, 4.69) is 43.2 Å². The highest BCUT2D eigenvalue weighted by Gasteiger charge is 2.16. The number of alkyl halides is 1. The van der Waals surface area contributed by atoms with Crippen LogP contribution >= 0.6 is 11.6 Å². The molecule has 1 heterocycles. The molecule has 2 rings (SSSR count). The zero-order valence-electron chi connectivity index (χ0n) is 11.8. The van der Waals surface area contributed by atoms with Gasteiger partial charge in [0, 0.05) is 11.9 Å². The van der Waals surface area contributed by atoms with Gasteiger partial charge in [0.15, 0.2) is 0 Å². The first kappa shape index (κ1) is 14.1. The first-order valence-electron chi connectivity index (χ1n) is 6.68. The summed E-state index contributed by atoms with van der Waals surface area (Å²) >= 11 is 6.34. The van der Waals surface area contributed by atoms with E-state index in [1.165, 1.54) is 0 Å². The number of anilines is 1. The first-order chi connectivity index (χ1) is 8.94. The van der Waals surface area contributed by atoms with Crippen LogP contribution in [0.15, 0.2) is 36.4 Å². The highest BCUT2D eigenvalue weighted by atomic mass is 35.5. The molecule has 0 saturated heterocycles. The van der Waals surface area contributed by atoms with Crippen LogP contribution in [0.5, 0.6) is 0 Å². The number of nitrogens with zero attached hydrogens (tertiary/aromatic N) is 1. The van der Waals surface area contributed by atoms with Gasteiger partial charge in [0.25, 0.3) is 0 Å². The summed E-state index contributed by atoms with van der Waals surface area (Å²) in [6.45, 7) is 7.36. The number of aromatic nitrogens is 1. The van der Waals surface area contributed by atoms with Gasteiger partial charge in [-0.05, 0) is 30.0 Å². The molecule has 0 fully saturated rings. The second-order valence-corrected chi connectivity index (χ2v) is 6.75. The van der Waals surface area contributed by atoms with Crippen molar-refractivity contribution in [2.75, 3.05) is 11.9 Å². The Balaban J connectivity index is 1.98. The number of fused-ring (bicyclic) bond motifs is 1. The maximum Gasteiger partial charge on any atom is 0.126 e. The molecule has 19 heavy (non-hydrogen) atoms. The van der Waals surface area contributed by atoms with Gasteiger partial charge in [-0.15, -0.1) is 11.6 Å². The predicted molar refractivity (Wildman–Crippen MR) is 83.9 cm³/mol. The molecular formula is C16H21ClN2. The molecule has 0 spiro atoms. The Morgan fingerprint density at radius 3 is 2.63 bits per heavy atom. The van der Waals surface area contributed by atoms with Crippen LogP contribution < -0.4 is 5.32 Å². The van der Waals surface area contributed by atoms with Gasteiger partial charge in [-0.25, -0.2) is 4.98 Å². The zero-order valence-corrected chi connectivity index (χ0v) is 12.5. The van der Waals surface area contributed by atoms with E-state index in [-0.39, 0.29) is 10.8 Å². The largest absolute Gasteiger partial charge is 0.369 e. The minimum absolute atomic E-state index is 0.119. The fraction of sp³-hybridized carbons (Fsp3) is 0.438.